The summed E-state index contributed by atoms with van der Waals surface area (Å²) < 4.78 is 4.94. The molecule has 1 aromatic rings. The zero-order valence-electron chi connectivity index (χ0n) is 14.1. The Bertz CT molecular complexity index is 535. The number of amides is 2. The standard InChI is InChI=1S/C16H26N4O3/c1-4-7-17-16(22)13-5-8-20(9-6-13)12(3)15(21)18-14-10-11(2)23-19-14/h10,12-13H,4-9H2,1-3H3,(H,17,22)(H,18,19,21). The molecular weight excluding hydrogens is 296 g/mol. The molecule has 1 aliphatic heterocycles. The highest BCUT2D eigenvalue weighted by Gasteiger charge is 2.29. The second-order valence-electron chi connectivity index (χ2n) is 6.09. The zero-order valence-corrected chi connectivity index (χ0v) is 14.1. The van der Waals surface area contributed by atoms with Crippen LogP contribution in [0.2, 0.25) is 0 Å². The van der Waals surface area contributed by atoms with E-state index in [9.17, 15) is 9.59 Å². The van der Waals surface area contributed by atoms with E-state index in [0.29, 0.717) is 11.6 Å². The summed E-state index contributed by atoms with van der Waals surface area (Å²) in [6.45, 7) is 7.92. The number of piperidine rings is 1. The molecule has 1 atom stereocenters. The minimum absolute atomic E-state index is 0.0613. The highest BCUT2D eigenvalue weighted by Crippen LogP contribution is 2.20. The maximum atomic E-state index is 12.3. The maximum Gasteiger partial charge on any atom is 0.242 e. The number of likely N-dealkylation sites (tertiary alicyclic amines) is 1. The van der Waals surface area contributed by atoms with Gasteiger partial charge in [0.2, 0.25) is 11.8 Å². The number of anilines is 1. The monoisotopic (exact) mass is 322 g/mol. The van der Waals surface area contributed by atoms with Crippen molar-refractivity contribution in [3.63, 3.8) is 0 Å². The van der Waals surface area contributed by atoms with E-state index in [1.165, 1.54) is 0 Å². The van der Waals surface area contributed by atoms with Crippen molar-refractivity contribution >= 4 is 17.6 Å². The molecule has 0 aliphatic carbocycles. The number of aromatic nitrogens is 1. The Labute approximate surface area is 136 Å². The fraction of sp³-hybridized carbons (Fsp3) is 0.688. The van der Waals surface area contributed by atoms with Crippen molar-refractivity contribution < 1.29 is 14.1 Å². The van der Waals surface area contributed by atoms with Gasteiger partial charge in [-0.2, -0.15) is 0 Å². The van der Waals surface area contributed by atoms with Gasteiger partial charge in [0, 0.05) is 18.5 Å². The summed E-state index contributed by atoms with van der Waals surface area (Å²) in [6, 6.07) is 1.43. The van der Waals surface area contributed by atoms with E-state index in [1.807, 2.05) is 13.8 Å². The van der Waals surface area contributed by atoms with Crippen LogP contribution in [0.15, 0.2) is 10.6 Å². The summed E-state index contributed by atoms with van der Waals surface area (Å²) in [5, 5.41) is 9.47. The number of rotatable bonds is 6. The normalized spacial score (nSPS) is 17.7. The summed E-state index contributed by atoms with van der Waals surface area (Å²) in [6.07, 6.45) is 2.52. The third-order valence-electron chi connectivity index (χ3n) is 4.26. The van der Waals surface area contributed by atoms with Crippen molar-refractivity contribution in [2.75, 3.05) is 25.0 Å². The quantitative estimate of drug-likeness (QED) is 0.829. The molecule has 1 unspecified atom stereocenters. The van der Waals surface area contributed by atoms with Gasteiger partial charge in [-0.15, -0.1) is 0 Å². The van der Waals surface area contributed by atoms with Gasteiger partial charge in [0.1, 0.15) is 5.76 Å². The van der Waals surface area contributed by atoms with Crippen LogP contribution in [0.5, 0.6) is 0 Å². The first kappa shape index (κ1) is 17.5. The van der Waals surface area contributed by atoms with Gasteiger partial charge in [0.15, 0.2) is 5.82 Å². The van der Waals surface area contributed by atoms with Crippen molar-refractivity contribution in [3.05, 3.63) is 11.8 Å². The Hall–Kier alpha value is -1.89. The summed E-state index contributed by atoms with van der Waals surface area (Å²) in [5.74, 6) is 1.19. The number of carbonyl (C=O) groups is 2. The summed E-state index contributed by atoms with van der Waals surface area (Å²) in [7, 11) is 0. The minimum Gasteiger partial charge on any atom is -0.360 e. The predicted octanol–water partition coefficient (Wildman–Crippen LogP) is 1.55. The largest absolute Gasteiger partial charge is 0.360 e. The number of aryl methyl sites for hydroxylation is 1. The van der Waals surface area contributed by atoms with Crippen LogP contribution >= 0.6 is 0 Å². The zero-order chi connectivity index (χ0) is 16.8. The molecule has 1 saturated heterocycles. The molecule has 1 fully saturated rings. The van der Waals surface area contributed by atoms with Gasteiger partial charge in [-0.1, -0.05) is 12.1 Å². The molecule has 0 saturated carbocycles. The van der Waals surface area contributed by atoms with Crippen LogP contribution in [0.1, 0.15) is 38.9 Å². The third-order valence-corrected chi connectivity index (χ3v) is 4.26. The van der Waals surface area contributed by atoms with E-state index in [-0.39, 0.29) is 23.8 Å². The van der Waals surface area contributed by atoms with Gasteiger partial charge in [0.25, 0.3) is 0 Å². The number of nitrogens with zero attached hydrogens (tertiary/aromatic N) is 2. The maximum absolute atomic E-state index is 12.3. The molecule has 7 heteroatoms. The first-order valence-corrected chi connectivity index (χ1v) is 8.27. The van der Waals surface area contributed by atoms with Crippen molar-refractivity contribution in [2.45, 2.75) is 46.1 Å². The third kappa shape index (κ3) is 4.79. The van der Waals surface area contributed by atoms with E-state index < -0.39 is 0 Å². The van der Waals surface area contributed by atoms with E-state index in [1.54, 1.807) is 13.0 Å². The van der Waals surface area contributed by atoms with Gasteiger partial charge < -0.3 is 15.2 Å². The summed E-state index contributed by atoms with van der Waals surface area (Å²) in [5.41, 5.74) is 0. The molecule has 0 radical (unpaired) electrons. The highest BCUT2D eigenvalue weighted by atomic mass is 16.5. The minimum atomic E-state index is -0.258. The van der Waals surface area contributed by atoms with Crippen molar-refractivity contribution in [3.8, 4) is 0 Å². The molecule has 2 N–H and O–H groups in total. The SMILES string of the molecule is CCCNC(=O)C1CCN(C(C)C(=O)Nc2cc(C)on2)CC1. The summed E-state index contributed by atoms with van der Waals surface area (Å²) in [4.78, 5) is 26.4. The van der Waals surface area contributed by atoms with Gasteiger partial charge in [0.05, 0.1) is 6.04 Å². The molecule has 7 nitrogen and oxygen atoms in total. The smallest absolute Gasteiger partial charge is 0.242 e. The van der Waals surface area contributed by atoms with Crippen LogP contribution in [0.4, 0.5) is 5.82 Å². The lowest BCUT2D eigenvalue weighted by Gasteiger charge is -2.34. The molecule has 23 heavy (non-hydrogen) atoms. The Kier molecular flexibility index (Phi) is 6.15. The fourth-order valence-corrected chi connectivity index (χ4v) is 2.76. The molecule has 0 aromatic carbocycles. The second kappa shape index (κ2) is 8.10. The van der Waals surface area contributed by atoms with Crippen LogP contribution in [-0.2, 0) is 9.59 Å². The van der Waals surface area contributed by atoms with E-state index in [0.717, 1.165) is 38.9 Å². The van der Waals surface area contributed by atoms with Crippen LogP contribution in [0, 0.1) is 12.8 Å². The van der Waals surface area contributed by atoms with Crippen LogP contribution in [-0.4, -0.2) is 47.5 Å². The van der Waals surface area contributed by atoms with Crippen LogP contribution < -0.4 is 10.6 Å². The van der Waals surface area contributed by atoms with E-state index >= 15 is 0 Å². The lowest BCUT2D eigenvalue weighted by molar-refractivity contribution is -0.127. The molecule has 2 amide bonds. The van der Waals surface area contributed by atoms with E-state index in [2.05, 4.69) is 20.7 Å². The average Bonchev–Trinajstić information content (AvgIpc) is 2.96. The summed E-state index contributed by atoms with van der Waals surface area (Å²) >= 11 is 0. The topological polar surface area (TPSA) is 87.5 Å². The van der Waals surface area contributed by atoms with Crippen molar-refractivity contribution in [2.24, 2.45) is 5.92 Å². The molecule has 128 valence electrons. The van der Waals surface area contributed by atoms with Crippen molar-refractivity contribution in [1.29, 1.82) is 0 Å². The van der Waals surface area contributed by atoms with E-state index in [4.69, 9.17) is 4.52 Å². The molecule has 0 spiro atoms. The lowest BCUT2D eigenvalue weighted by atomic mass is 9.95. The predicted molar refractivity (Wildman–Crippen MR) is 86.9 cm³/mol. The first-order chi connectivity index (χ1) is 11.0. The fourth-order valence-electron chi connectivity index (χ4n) is 2.76. The molecule has 1 aliphatic rings. The van der Waals surface area contributed by atoms with Gasteiger partial charge in [-0.25, -0.2) is 0 Å². The highest BCUT2D eigenvalue weighted by molar-refractivity contribution is 5.93. The van der Waals surface area contributed by atoms with Crippen LogP contribution in [0.25, 0.3) is 0 Å². The Morgan fingerprint density at radius 1 is 1.43 bits per heavy atom. The van der Waals surface area contributed by atoms with Crippen molar-refractivity contribution in [1.82, 2.24) is 15.4 Å². The number of hydrogen-bond acceptors (Lipinski definition) is 5. The first-order valence-electron chi connectivity index (χ1n) is 8.27. The second-order valence-corrected chi connectivity index (χ2v) is 6.09. The Morgan fingerprint density at radius 2 is 2.13 bits per heavy atom. The molecule has 1 aromatic heterocycles. The molecule has 2 heterocycles. The number of carbonyl (C=O) groups excluding carboxylic acids is 2. The molecule has 0 bridgehead atoms. The Morgan fingerprint density at radius 3 is 2.70 bits per heavy atom. The average molecular weight is 322 g/mol. The van der Waals surface area contributed by atoms with Gasteiger partial charge in [-0.05, 0) is 46.2 Å². The number of nitrogens with one attached hydrogen (secondary N) is 2. The molecule has 2 rings (SSSR count). The Balaban J connectivity index is 1.79. The lowest BCUT2D eigenvalue weighted by Crippen LogP contribution is -2.48. The van der Waals surface area contributed by atoms with Crippen LogP contribution in [0.3, 0.4) is 0 Å². The van der Waals surface area contributed by atoms with Gasteiger partial charge >= 0.3 is 0 Å². The van der Waals surface area contributed by atoms with Gasteiger partial charge in [-0.3, -0.25) is 14.5 Å². The molecular formula is C16H26N4O3. The number of hydrogen-bond donors (Lipinski definition) is 2.